The van der Waals surface area contributed by atoms with Crippen molar-refractivity contribution in [2.45, 2.75) is 39.3 Å². The van der Waals surface area contributed by atoms with Gasteiger partial charge in [0.05, 0.1) is 10.4 Å². The van der Waals surface area contributed by atoms with E-state index in [9.17, 15) is 4.79 Å². The molecule has 0 aromatic carbocycles. The summed E-state index contributed by atoms with van der Waals surface area (Å²) >= 11 is 7.36. The fraction of sp³-hybridized carbons (Fsp3) is 0.583. The molecule has 1 amide bonds. The second kappa shape index (κ2) is 6.99. The highest BCUT2D eigenvalue weighted by Crippen LogP contribution is 2.26. The minimum Gasteiger partial charge on any atom is -0.349 e. The molecule has 1 aromatic rings. The van der Waals surface area contributed by atoms with Crippen LogP contribution in [0.15, 0.2) is 12.1 Å². The molecule has 0 aliphatic carbocycles. The molecule has 0 spiro atoms. The molecule has 1 rings (SSSR count). The van der Waals surface area contributed by atoms with Crippen molar-refractivity contribution < 1.29 is 4.79 Å². The van der Waals surface area contributed by atoms with E-state index in [1.54, 1.807) is 0 Å². The largest absolute Gasteiger partial charge is 0.349 e. The van der Waals surface area contributed by atoms with Gasteiger partial charge < -0.3 is 10.6 Å². The number of nitrogens with one attached hydrogen (secondary N) is 2. The lowest BCUT2D eigenvalue weighted by Crippen LogP contribution is -2.31. The van der Waals surface area contributed by atoms with Crippen molar-refractivity contribution in [1.82, 2.24) is 10.6 Å². The Morgan fingerprint density at radius 2 is 2.12 bits per heavy atom. The number of amides is 1. The number of hydrogen-bond acceptors (Lipinski definition) is 3. The van der Waals surface area contributed by atoms with E-state index in [1.165, 1.54) is 11.3 Å². The van der Waals surface area contributed by atoms with Gasteiger partial charge in [-0.3, -0.25) is 4.79 Å². The van der Waals surface area contributed by atoms with Gasteiger partial charge in [-0.1, -0.05) is 25.4 Å². The van der Waals surface area contributed by atoms with E-state index in [2.05, 4.69) is 24.5 Å². The van der Waals surface area contributed by atoms with Crippen LogP contribution in [0, 0.1) is 0 Å². The zero-order valence-corrected chi connectivity index (χ0v) is 12.0. The normalized spacial score (nSPS) is 12.8. The summed E-state index contributed by atoms with van der Waals surface area (Å²) in [6.45, 7) is 6.81. The minimum absolute atomic E-state index is 0.0269. The van der Waals surface area contributed by atoms with E-state index < -0.39 is 0 Å². The molecule has 0 saturated heterocycles. The molecule has 17 heavy (non-hydrogen) atoms. The summed E-state index contributed by atoms with van der Waals surface area (Å²) in [5.74, 6) is 0.0650. The van der Waals surface area contributed by atoms with E-state index in [-0.39, 0.29) is 11.9 Å². The quantitative estimate of drug-likeness (QED) is 0.837. The summed E-state index contributed by atoms with van der Waals surface area (Å²) in [7, 11) is 0. The van der Waals surface area contributed by atoms with Crippen LogP contribution < -0.4 is 10.6 Å². The standard InChI is InChI=1S/C12H19ClN2OS/c1-8(2)14-7-6-12(16)15-9(3)10-4-5-11(13)17-10/h4-5,8-9,14H,6-7H2,1-3H3,(H,15,16). The van der Waals surface area contributed by atoms with Crippen molar-refractivity contribution in [1.29, 1.82) is 0 Å². The monoisotopic (exact) mass is 274 g/mol. The zero-order valence-electron chi connectivity index (χ0n) is 10.4. The summed E-state index contributed by atoms with van der Waals surface area (Å²) < 4.78 is 0.752. The third kappa shape index (κ3) is 5.52. The first-order valence-corrected chi connectivity index (χ1v) is 6.96. The first-order valence-electron chi connectivity index (χ1n) is 5.77. The van der Waals surface area contributed by atoms with Crippen LogP contribution in [0.2, 0.25) is 4.34 Å². The first kappa shape index (κ1) is 14.5. The van der Waals surface area contributed by atoms with Crippen LogP contribution in [-0.4, -0.2) is 18.5 Å². The van der Waals surface area contributed by atoms with Crippen molar-refractivity contribution in [2.24, 2.45) is 0 Å². The van der Waals surface area contributed by atoms with Crippen molar-refractivity contribution in [2.75, 3.05) is 6.54 Å². The second-order valence-corrected chi connectivity index (χ2v) is 6.04. The van der Waals surface area contributed by atoms with Crippen molar-refractivity contribution >= 4 is 28.8 Å². The zero-order chi connectivity index (χ0) is 12.8. The fourth-order valence-electron chi connectivity index (χ4n) is 1.42. The third-order valence-electron chi connectivity index (χ3n) is 2.30. The van der Waals surface area contributed by atoms with Gasteiger partial charge in [-0.15, -0.1) is 11.3 Å². The molecular formula is C12H19ClN2OS. The van der Waals surface area contributed by atoms with Crippen LogP contribution in [0.4, 0.5) is 0 Å². The number of rotatable bonds is 6. The van der Waals surface area contributed by atoms with Gasteiger partial charge in [0.2, 0.25) is 5.91 Å². The van der Waals surface area contributed by atoms with Crippen LogP contribution in [0.1, 0.15) is 38.1 Å². The molecule has 0 fully saturated rings. The van der Waals surface area contributed by atoms with Crippen LogP contribution >= 0.6 is 22.9 Å². The van der Waals surface area contributed by atoms with Crippen LogP contribution in [-0.2, 0) is 4.79 Å². The van der Waals surface area contributed by atoms with E-state index in [1.807, 2.05) is 19.1 Å². The summed E-state index contributed by atoms with van der Waals surface area (Å²) in [6, 6.07) is 4.24. The molecular weight excluding hydrogens is 256 g/mol. The summed E-state index contributed by atoms with van der Waals surface area (Å²) in [4.78, 5) is 12.7. The van der Waals surface area contributed by atoms with E-state index in [4.69, 9.17) is 11.6 Å². The molecule has 0 saturated carbocycles. The van der Waals surface area contributed by atoms with Gasteiger partial charge in [0.25, 0.3) is 0 Å². The van der Waals surface area contributed by atoms with E-state index >= 15 is 0 Å². The number of thiophene rings is 1. The summed E-state index contributed by atoms with van der Waals surface area (Å²) in [6.07, 6.45) is 0.502. The average molecular weight is 275 g/mol. The molecule has 1 unspecified atom stereocenters. The lowest BCUT2D eigenvalue weighted by Gasteiger charge is -2.13. The van der Waals surface area contributed by atoms with Crippen LogP contribution in [0.5, 0.6) is 0 Å². The topological polar surface area (TPSA) is 41.1 Å². The number of carbonyl (C=O) groups excluding carboxylic acids is 1. The smallest absolute Gasteiger partial charge is 0.221 e. The van der Waals surface area contributed by atoms with Crippen LogP contribution in [0.3, 0.4) is 0 Å². The Balaban J connectivity index is 2.31. The lowest BCUT2D eigenvalue weighted by atomic mass is 10.2. The van der Waals surface area contributed by atoms with Crippen molar-refractivity contribution in [3.63, 3.8) is 0 Å². The molecule has 0 bridgehead atoms. The second-order valence-electron chi connectivity index (χ2n) is 4.29. The van der Waals surface area contributed by atoms with Crippen molar-refractivity contribution in [3.8, 4) is 0 Å². The van der Waals surface area contributed by atoms with Crippen molar-refractivity contribution in [3.05, 3.63) is 21.3 Å². The fourth-order valence-corrected chi connectivity index (χ4v) is 2.48. The maximum Gasteiger partial charge on any atom is 0.221 e. The Bertz CT molecular complexity index is 365. The molecule has 0 radical (unpaired) electrons. The van der Waals surface area contributed by atoms with Gasteiger partial charge in [0.1, 0.15) is 0 Å². The average Bonchev–Trinajstić information content (AvgIpc) is 2.64. The maximum absolute atomic E-state index is 11.6. The highest BCUT2D eigenvalue weighted by Gasteiger charge is 2.11. The Kier molecular flexibility index (Phi) is 5.95. The van der Waals surface area contributed by atoms with Gasteiger partial charge in [-0.25, -0.2) is 0 Å². The summed E-state index contributed by atoms with van der Waals surface area (Å²) in [5, 5.41) is 6.17. The Labute approximate surface area is 112 Å². The predicted molar refractivity (Wildman–Crippen MR) is 73.6 cm³/mol. The molecule has 3 nitrogen and oxygen atoms in total. The highest BCUT2D eigenvalue weighted by atomic mass is 35.5. The maximum atomic E-state index is 11.6. The molecule has 1 aromatic heterocycles. The first-order chi connectivity index (χ1) is 7.99. The molecule has 2 N–H and O–H groups in total. The number of carbonyl (C=O) groups is 1. The Hall–Kier alpha value is -0.580. The molecule has 0 aliphatic heterocycles. The molecule has 1 atom stereocenters. The Morgan fingerprint density at radius 1 is 1.41 bits per heavy atom. The molecule has 0 aliphatic rings. The van der Waals surface area contributed by atoms with Gasteiger partial charge in [0, 0.05) is 23.9 Å². The lowest BCUT2D eigenvalue weighted by molar-refractivity contribution is -0.121. The van der Waals surface area contributed by atoms with Gasteiger partial charge >= 0.3 is 0 Å². The van der Waals surface area contributed by atoms with Gasteiger partial charge in [0.15, 0.2) is 0 Å². The predicted octanol–water partition coefficient (Wildman–Crippen LogP) is 2.97. The minimum atomic E-state index is 0.0269. The molecule has 96 valence electrons. The summed E-state index contributed by atoms with van der Waals surface area (Å²) in [5.41, 5.74) is 0. The molecule has 5 heteroatoms. The van der Waals surface area contributed by atoms with E-state index in [0.29, 0.717) is 19.0 Å². The third-order valence-corrected chi connectivity index (χ3v) is 3.72. The Morgan fingerprint density at radius 3 is 2.65 bits per heavy atom. The van der Waals surface area contributed by atoms with E-state index in [0.717, 1.165) is 9.21 Å². The number of halogens is 1. The highest BCUT2D eigenvalue weighted by molar-refractivity contribution is 7.16. The number of hydrogen-bond donors (Lipinski definition) is 2. The SMILES string of the molecule is CC(C)NCCC(=O)NC(C)c1ccc(Cl)s1. The van der Waals surface area contributed by atoms with Gasteiger partial charge in [-0.05, 0) is 19.1 Å². The van der Waals surface area contributed by atoms with Crippen LogP contribution in [0.25, 0.3) is 0 Å². The molecule has 1 heterocycles. The van der Waals surface area contributed by atoms with Gasteiger partial charge in [-0.2, -0.15) is 0 Å².